The number of hydrogen-bond acceptors (Lipinski definition) is 8. The van der Waals surface area contributed by atoms with Crippen molar-refractivity contribution < 1.29 is 14.3 Å². The van der Waals surface area contributed by atoms with Crippen LogP contribution < -0.4 is 9.47 Å². The highest BCUT2D eigenvalue weighted by molar-refractivity contribution is 8.18. The van der Waals surface area contributed by atoms with Gasteiger partial charge >= 0.3 is 0 Å². The lowest BCUT2D eigenvalue weighted by atomic mass is 9.94. The van der Waals surface area contributed by atoms with E-state index < -0.39 is 0 Å². The predicted octanol–water partition coefficient (Wildman–Crippen LogP) is 4.80. The van der Waals surface area contributed by atoms with Gasteiger partial charge in [0, 0.05) is 6.04 Å². The summed E-state index contributed by atoms with van der Waals surface area (Å²) in [6, 6.07) is 5.81. The van der Waals surface area contributed by atoms with Crippen LogP contribution in [0.3, 0.4) is 0 Å². The van der Waals surface area contributed by atoms with Gasteiger partial charge in [0.1, 0.15) is 5.01 Å². The number of amides is 1. The third-order valence-electron chi connectivity index (χ3n) is 5.19. The Balaban J connectivity index is 1.68. The zero-order valence-electron chi connectivity index (χ0n) is 17.3. The Bertz CT molecular complexity index is 996. The van der Waals surface area contributed by atoms with Crippen LogP contribution in [0.25, 0.3) is 6.08 Å². The highest BCUT2D eigenvalue weighted by Crippen LogP contribution is 2.39. The fraction of sp³-hybridized carbons (Fsp3) is 0.429. The first-order valence-electron chi connectivity index (χ1n) is 9.93. The minimum Gasteiger partial charge on any atom is -0.493 e. The third-order valence-corrected chi connectivity index (χ3v) is 6.90. The van der Waals surface area contributed by atoms with Gasteiger partial charge in [-0.3, -0.25) is 9.69 Å². The fourth-order valence-corrected chi connectivity index (χ4v) is 5.39. The summed E-state index contributed by atoms with van der Waals surface area (Å²) >= 11 is 2.83. The molecule has 0 radical (unpaired) electrons. The van der Waals surface area contributed by atoms with Crippen LogP contribution in [0.1, 0.15) is 42.7 Å². The average molecular weight is 445 g/mol. The Labute approximate surface area is 184 Å². The highest BCUT2D eigenvalue weighted by Gasteiger charge is 2.38. The van der Waals surface area contributed by atoms with E-state index in [0.29, 0.717) is 26.7 Å². The largest absolute Gasteiger partial charge is 0.493 e. The first kappa shape index (κ1) is 20.9. The molecule has 0 unspecified atom stereocenters. The lowest BCUT2D eigenvalue weighted by molar-refractivity contribution is -0.124. The minimum absolute atomic E-state index is 0.00155. The molecule has 0 spiro atoms. The van der Waals surface area contributed by atoms with Gasteiger partial charge in [0.25, 0.3) is 5.91 Å². The number of carbonyl (C=O) groups excluding carboxylic acids is 1. The number of thioether (sulfide) groups is 1. The topological polar surface area (TPSA) is 76.9 Å². The molecule has 1 aliphatic heterocycles. The molecule has 1 aromatic carbocycles. The molecule has 0 atom stereocenters. The molecule has 1 aliphatic carbocycles. The molecule has 2 heterocycles. The number of hydrogen-bond donors (Lipinski definition) is 0. The molecular weight excluding hydrogens is 420 g/mol. The quantitative estimate of drug-likeness (QED) is 0.617. The first-order valence-corrected chi connectivity index (χ1v) is 11.6. The van der Waals surface area contributed by atoms with Crippen molar-refractivity contribution in [3.63, 3.8) is 0 Å². The molecule has 158 valence electrons. The van der Waals surface area contributed by atoms with Gasteiger partial charge in [0.15, 0.2) is 16.7 Å². The van der Waals surface area contributed by atoms with Crippen molar-refractivity contribution in [3.05, 3.63) is 33.7 Å². The Kier molecular flexibility index (Phi) is 6.38. The molecule has 1 aromatic heterocycles. The number of aryl methyl sites for hydroxylation is 1. The number of aromatic nitrogens is 2. The van der Waals surface area contributed by atoms with E-state index >= 15 is 0 Å². The lowest BCUT2D eigenvalue weighted by Crippen LogP contribution is -2.40. The molecule has 1 amide bonds. The van der Waals surface area contributed by atoms with Crippen molar-refractivity contribution in [2.45, 2.75) is 45.1 Å². The lowest BCUT2D eigenvalue weighted by Gasteiger charge is -2.30. The van der Waals surface area contributed by atoms with Gasteiger partial charge < -0.3 is 9.47 Å². The number of benzene rings is 1. The molecule has 4 rings (SSSR count). The third kappa shape index (κ3) is 4.37. The maximum atomic E-state index is 13.4. The van der Waals surface area contributed by atoms with Crippen LogP contribution in [-0.4, -0.2) is 46.4 Å². The van der Waals surface area contributed by atoms with Gasteiger partial charge in [-0.1, -0.05) is 36.7 Å². The number of carbonyl (C=O) groups is 1. The number of methoxy groups -OCH3 is 2. The summed E-state index contributed by atoms with van der Waals surface area (Å²) in [4.78, 5) is 20.6. The van der Waals surface area contributed by atoms with Gasteiger partial charge in [0.05, 0.1) is 19.1 Å². The first-order chi connectivity index (χ1) is 14.6. The number of rotatable bonds is 5. The van der Waals surface area contributed by atoms with Crippen LogP contribution >= 0.6 is 23.1 Å². The van der Waals surface area contributed by atoms with Crippen molar-refractivity contribution in [2.75, 3.05) is 14.2 Å². The van der Waals surface area contributed by atoms with Crippen LogP contribution in [-0.2, 0) is 4.79 Å². The van der Waals surface area contributed by atoms with Crippen LogP contribution in [0.4, 0.5) is 5.13 Å². The summed E-state index contributed by atoms with van der Waals surface area (Å²) in [5.74, 6) is 1.29. The summed E-state index contributed by atoms with van der Waals surface area (Å²) in [7, 11) is 3.20. The van der Waals surface area contributed by atoms with E-state index in [4.69, 9.17) is 9.47 Å². The normalized spacial score (nSPS) is 20.4. The van der Waals surface area contributed by atoms with E-state index in [1.165, 1.54) is 29.5 Å². The second-order valence-corrected chi connectivity index (χ2v) is 9.36. The van der Waals surface area contributed by atoms with E-state index in [2.05, 4.69) is 15.2 Å². The molecule has 2 aromatic rings. The maximum Gasteiger partial charge on any atom is 0.267 e. The number of nitrogens with zero attached hydrogens (tertiary/aromatic N) is 4. The van der Waals surface area contributed by atoms with Crippen molar-refractivity contribution in [3.8, 4) is 11.5 Å². The summed E-state index contributed by atoms with van der Waals surface area (Å²) in [5.41, 5.74) is 0.875. The number of amidine groups is 1. The van der Waals surface area contributed by atoms with Crippen LogP contribution in [0, 0.1) is 6.92 Å². The Morgan fingerprint density at radius 3 is 2.57 bits per heavy atom. The van der Waals surface area contributed by atoms with Crippen molar-refractivity contribution >= 4 is 45.4 Å². The van der Waals surface area contributed by atoms with Crippen molar-refractivity contribution in [2.24, 2.45) is 4.99 Å². The van der Waals surface area contributed by atoms with Gasteiger partial charge in [-0.05, 0) is 55.3 Å². The Morgan fingerprint density at radius 2 is 1.90 bits per heavy atom. The zero-order chi connectivity index (χ0) is 21.1. The summed E-state index contributed by atoms with van der Waals surface area (Å²) < 4.78 is 10.7. The molecule has 0 N–H and O–H groups in total. The number of ether oxygens (including phenoxy) is 2. The van der Waals surface area contributed by atoms with Crippen LogP contribution in [0.2, 0.25) is 0 Å². The summed E-state index contributed by atoms with van der Waals surface area (Å²) in [5, 5.41) is 10.3. The molecule has 2 fully saturated rings. The van der Waals surface area contributed by atoms with Gasteiger partial charge in [-0.2, -0.15) is 4.99 Å². The van der Waals surface area contributed by atoms with E-state index in [1.54, 1.807) is 14.2 Å². The van der Waals surface area contributed by atoms with E-state index in [1.807, 2.05) is 36.1 Å². The molecule has 0 bridgehead atoms. The summed E-state index contributed by atoms with van der Waals surface area (Å²) in [6.07, 6.45) is 7.40. The van der Waals surface area contributed by atoms with Gasteiger partial charge in [0.2, 0.25) is 5.13 Å². The SMILES string of the molecule is COc1ccc(/C=C2\S/C(=N/c3nnc(C)s3)N(C3CCCCC3)C2=O)cc1OC. The maximum absolute atomic E-state index is 13.4. The second-order valence-electron chi connectivity index (χ2n) is 7.19. The van der Waals surface area contributed by atoms with E-state index in [-0.39, 0.29) is 11.9 Å². The smallest absolute Gasteiger partial charge is 0.267 e. The minimum atomic E-state index is 0.00155. The molecular formula is C21H24N4O3S2. The molecule has 2 aliphatic rings. The monoisotopic (exact) mass is 444 g/mol. The molecule has 30 heavy (non-hydrogen) atoms. The molecule has 9 heteroatoms. The molecule has 1 saturated carbocycles. The van der Waals surface area contributed by atoms with Crippen molar-refractivity contribution in [1.82, 2.24) is 15.1 Å². The second kappa shape index (κ2) is 9.18. The zero-order valence-corrected chi connectivity index (χ0v) is 18.9. The summed E-state index contributed by atoms with van der Waals surface area (Å²) in [6.45, 7) is 1.90. The average Bonchev–Trinajstić information content (AvgIpc) is 3.31. The highest BCUT2D eigenvalue weighted by atomic mass is 32.2. The van der Waals surface area contributed by atoms with Crippen LogP contribution in [0.15, 0.2) is 28.1 Å². The molecule has 7 nitrogen and oxygen atoms in total. The Hall–Kier alpha value is -2.39. The molecule has 1 saturated heterocycles. The van der Waals surface area contributed by atoms with E-state index in [9.17, 15) is 4.79 Å². The van der Waals surface area contributed by atoms with Gasteiger partial charge in [-0.15, -0.1) is 10.2 Å². The van der Waals surface area contributed by atoms with Gasteiger partial charge in [-0.25, -0.2) is 0 Å². The fourth-order valence-electron chi connectivity index (χ4n) is 3.73. The standard InChI is InChI=1S/C21H24N4O3S2/c1-13-23-24-20(29-13)22-21-25(15-7-5-4-6-8-15)19(26)18(30-21)12-14-9-10-16(27-2)17(11-14)28-3/h9-12,15H,4-8H2,1-3H3/b18-12-,22-21+. The predicted molar refractivity (Wildman–Crippen MR) is 121 cm³/mol. The van der Waals surface area contributed by atoms with Crippen LogP contribution in [0.5, 0.6) is 11.5 Å². The van der Waals surface area contributed by atoms with E-state index in [0.717, 1.165) is 36.3 Å². The van der Waals surface area contributed by atoms with Crippen molar-refractivity contribution in [1.29, 1.82) is 0 Å². The number of aliphatic imine (C=N–C) groups is 1. The Morgan fingerprint density at radius 1 is 1.13 bits per heavy atom.